The molecule has 0 unspecified atom stereocenters. The Kier molecular flexibility index (Phi) is 2.91. The van der Waals surface area contributed by atoms with Gasteiger partial charge in [0, 0.05) is 0 Å². The van der Waals surface area contributed by atoms with Gasteiger partial charge >= 0.3 is 0 Å². The van der Waals surface area contributed by atoms with Crippen molar-refractivity contribution in [3.05, 3.63) is 35.4 Å². The predicted molar refractivity (Wildman–Crippen MR) is 59.0 cm³/mol. The molecule has 0 radical (unpaired) electrons. The third-order valence-corrected chi connectivity index (χ3v) is 3.61. The number of benzene rings is 1. The van der Waals surface area contributed by atoms with Gasteiger partial charge in [-0.1, -0.05) is 29.8 Å². The minimum atomic E-state index is 0.523. The van der Waals surface area contributed by atoms with E-state index in [2.05, 4.69) is 36.5 Å². The van der Waals surface area contributed by atoms with Crippen molar-refractivity contribution in [2.75, 3.05) is 12.3 Å². The average Bonchev–Trinajstić information content (AvgIpc) is 2.20. The van der Waals surface area contributed by atoms with Crippen LogP contribution in [0.25, 0.3) is 0 Å². The fraction of sp³-hybridized carbons (Fsp3) is 0.455. The quantitative estimate of drug-likeness (QED) is 0.736. The molecule has 13 heavy (non-hydrogen) atoms. The molecule has 1 nitrogen and oxygen atoms in total. The molecule has 0 amide bonds. The standard InChI is InChI=1S/C11H15NS/c1-9-3-5-10(6-4-9)11-12-7-2-8-13-11/h3-6,11-12H,2,7-8H2,1H3/t11-/m0/s1. The zero-order valence-corrected chi connectivity index (χ0v) is 8.73. The Morgan fingerprint density at radius 2 is 2.08 bits per heavy atom. The molecular formula is C11H15NS. The first-order valence-electron chi connectivity index (χ1n) is 4.78. The summed E-state index contributed by atoms with van der Waals surface area (Å²) in [6.45, 7) is 3.29. The zero-order valence-electron chi connectivity index (χ0n) is 7.92. The summed E-state index contributed by atoms with van der Waals surface area (Å²) < 4.78 is 0. The Labute approximate surface area is 83.9 Å². The van der Waals surface area contributed by atoms with Crippen LogP contribution in [0, 0.1) is 6.92 Å². The maximum absolute atomic E-state index is 3.52. The highest BCUT2D eigenvalue weighted by molar-refractivity contribution is 7.99. The van der Waals surface area contributed by atoms with Crippen LogP contribution in [0.5, 0.6) is 0 Å². The Morgan fingerprint density at radius 1 is 1.31 bits per heavy atom. The van der Waals surface area contributed by atoms with Gasteiger partial charge in [-0.05, 0) is 31.2 Å². The number of thioether (sulfide) groups is 1. The monoisotopic (exact) mass is 193 g/mol. The summed E-state index contributed by atoms with van der Waals surface area (Å²) in [5.74, 6) is 1.28. The van der Waals surface area contributed by atoms with E-state index in [-0.39, 0.29) is 0 Å². The van der Waals surface area contributed by atoms with E-state index < -0.39 is 0 Å². The molecule has 1 heterocycles. The summed E-state index contributed by atoms with van der Waals surface area (Å²) in [6, 6.07) is 8.83. The number of rotatable bonds is 1. The van der Waals surface area contributed by atoms with Gasteiger partial charge in [0.2, 0.25) is 0 Å². The molecule has 2 rings (SSSR count). The second-order valence-corrected chi connectivity index (χ2v) is 4.68. The van der Waals surface area contributed by atoms with Gasteiger partial charge in [0.15, 0.2) is 0 Å². The van der Waals surface area contributed by atoms with E-state index in [4.69, 9.17) is 0 Å². The van der Waals surface area contributed by atoms with Crippen molar-refractivity contribution in [3.63, 3.8) is 0 Å². The predicted octanol–water partition coefficient (Wildman–Crippen LogP) is 2.72. The topological polar surface area (TPSA) is 12.0 Å². The van der Waals surface area contributed by atoms with E-state index in [0.29, 0.717) is 5.37 Å². The van der Waals surface area contributed by atoms with E-state index in [1.165, 1.54) is 23.3 Å². The first-order chi connectivity index (χ1) is 6.36. The van der Waals surface area contributed by atoms with E-state index in [1.807, 2.05) is 11.8 Å². The molecule has 1 saturated heterocycles. The van der Waals surface area contributed by atoms with E-state index >= 15 is 0 Å². The summed E-state index contributed by atoms with van der Waals surface area (Å²) in [5, 5.41) is 4.04. The lowest BCUT2D eigenvalue weighted by Gasteiger charge is -2.23. The minimum Gasteiger partial charge on any atom is -0.302 e. The van der Waals surface area contributed by atoms with Crippen LogP contribution in [-0.2, 0) is 0 Å². The number of hydrogen-bond donors (Lipinski definition) is 1. The number of aryl methyl sites for hydroxylation is 1. The average molecular weight is 193 g/mol. The molecule has 1 aliphatic rings. The van der Waals surface area contributed by atoms with Gasteiger partial charge in [-0.25, -0.2) is 0 Å². The first kappa shape index (κ1) is 9.10. The number of hydrogen-bond acceptors (Lipinski definition) is 2. The molecule has 1 aromatic rings. The van der Waals surface area contributed by atoms with Gasteiger partial charge in [0.05, 0.1) is 5.37 Å². The van der Waals surface area contributed by atoms with Gasteiger partial charge in [-0.2, -0.15) is 0 Å². The van der Waals surface area contributed by atoms with Crippen LogP contribution in [-0.4, -0.2) is 12.3 Å². The summed E-state index contributed by atoms with van der Waals surface area (Å²) in [4.78, 5) is 0. The molecule has 0 spiro atoms. The van der Waals surface area contributed by atoms with Crippen molar-refractivity contribution in [1.82, 2.24) is 5.32 Å². The molecule has 1 atom stereocenters. The van der Waals surface area contributed by atoms with Crippen molar-refractivity contribution in [1.29, 1.82) is 0 Å². The Balaban J connectivity index is 2.10. The SMILES string of the molecule is Cc1ccc([C@H]2NCCCS2)cc1. The van der Waals surface area contributed by atoms with Crippen LogP contribution in [0.2, 0.25) is 0 Å². The van der Waals surface area contributed by atoms with Gasteiger partial charge < -0.3 is 5.32 Å². The minimum absolute atomic E-state index is 0.523. The van der Waals surface area contributed by atoms with Gasteiger partial charge in [0.25, 0.3) is 0 Å². The van der Waals surface area contributed by atoms with Crippen molar-refractivity contribution >= 4 is 11.8 Å². The normalized spacial score (nSPS) is 23.0. The van der Waals surface area contributed by atoms with E-state index in [0.717, 1.165) is 6.54 Å². The van der Waals surface area contributed by atoms with Crippen molar-refractivity contribution < 1.29 is 0 Å². The van der Waals surface area contributed by atoms with Gasteiger partial charge in [0.1, 0.15) is 0 Å². The van der Waals surface area contributed by atoms with E-state index in [9.17, 15) is 0 Å². The Morgan fingerprint density at radius 3 is 2.69 bits per heavy atom. The molecule has 0 bridgehead atoms. The molecule has 1 N–H and O–H groups in total. The van der Waals surface area contributed by atoms with Gasteiger partial charge in [-0.15, -0.1) is 11.8 Å². The molecule has 0 aliphatic carbocycles. The highest BCUT2D eigenvalue weighted by atomic mass is 32.2. The lowest BCUT2D eigenvalue weighted by atomic mass is 10.1. The largest absolute Gasteiger partial charge is 0.302 e. The molecule has 0 saturated carbocycles. The van der Waals surface area contributed by atoms with Crippen molar-refractivity contribution in [2.24, 2.45) is 0 Å². The second kappa shape index (κ2) is 4.16. The second-order valence-electron chi connectivity index (χ2n) is 3.47. The van der Waals surface area contributed by atoms with Crippen LogP contribution < -0.4 is 5.32 Å². The molecule has 70 valence electrons. The summed E-state index contributed by atoms with van der Waals surface area (Å²) >= 11 is 2.01. The van der Waals surface area contributed by atoms with E-state index in [1.54, 1.807) is 0 Å². The highest BCUT2D eigenvalue weighted by Gasteiger charge is 2.14. The maximum Gasteiger partial charge on any atom is 0.0789 e. The molecule has 1 aliphatic heterocycles. The van der Waals surface area contributed by atoms with Crippen molar-refractivity contribution in [3.8, 4) is 0 Å². The van der Waals surface area contributed by atoms with Gasteiger partial charge in [-0.3, -0.25) is 0 Å². The lowest BCUT2D eigenvalue weighted by Crippen LogP contribution is -2.25. The Hall–Kier alpha value is -0.470. The first-order valence-corrected chi connectivity index (χ1v) is 5.83. The van der Waals surface area contributed by atoms with Crippen molar-refractivity contribution in [2.45, 2.75) is 18.7 Å². The van der Waals surface area contributed by atoms with Crippen LogP contribution >= 0.6 is 11.8 Å². The zero-order chi connectivity index (χ0) is 9.10. The summed E-state index contributed by atoms with van der Waals surface area (Å²) in [5.41, 5.74) is 2.75. The van der Waals surface area contributed by atoms with Crippen LogP contribution in [0.4, 0.5) is 0 Å². The summed E-state index contributed by atoms with van der Waals surface area (Å²) in [6.07, 6.45) is 1.30. The fourth-order valence-electron chi connectivity index (χ4n) is 1.52. The van der Waals surface area contributed by atoms with Crippen LogP contribution in [0.3, 0.4) is 0 Å². The van der Waals surface area contributed by atoms with Crippen LogP contribution in [0.1, 0.15) is 22.9 Å². The van der Waals surface area contributed by atoms with Crippen LogP contribution in [0.15, 0.2) is 24.3 Å². The fourth-order valence-corrected chi connectivity index (χ4v) is 2.65. The molecule has 1 aromatic carbocycles. The Bertz CT molecular complexity index is 262. The molecule has 2 heteroatoms. The molecular weight excluding hydrogens is 178 g/mol. The smallest absolute Gasteiger partial charge is 0.0789 e. The third-order valence-electron chi connectivity index (χ3n) is 2.32. The lowest BCUT2D eigenvalue weighted by molar-refractivity contribution is 0.643. The third kappa shape index (κ3) is 2.26. The maximum atomic E-state index is 3.52. The molecule has 1 fully saturated rings. The number of nitrogens with one attached hydrogen (secondary N) is 1. The summed E-state index contributed by atoms with van der Waals surface area (Å²) in [7, 11) is 0. The highest BCUT2D eigenvalue weighted by Crippen LogP contribution is 2.29. The molecule has 0 aromatic heterocycles.